The standard InChI is InChI=1S/C13H18.C12H16O.C12H16/c1-10(2)12-8-7-11-5-3-4-6-13(11)9-12;1-9(2)10-5-6-12-11(8-10)4-3-7-13-12;1-9(2)11-7-6-10-4-3-5-12(10)8-11/h7-10H,3-6H2,1-2H3;5-6,8-9H,3-4,7H2,1-2H3;6-9H,3-5H2,1-2H3. The van der Waals surface area contributed by atoms with Crippen molar-refractivity contribution in [3.05, 3.63) is 99.1 Å². The number of benzene rings is 3. The van der Waals surface area contributed by atoms with Gasteiger partial charge in [-0.05, 0) is 126 Å². The largest absolute Gasteiger partial charge is 0.493 e. The Morgan fingerprint density at radius 1 is 0.447 bits per heavy atom. The molecule has 0 spiro atoms. The van der Waals surface area contributed by atoms with Crippen LogP contribution in [-0.4, -0.2) is 6.61 Å². The first-order chi connectivity index (χ1) is 18.3. The fraction of sp³-hybridized carbons (Fsp3) is 0.514. The second-order valence-electron chi connectivity index (χ2n) is 12.4. The summed E-state index contributed by atoms with van der Waals surface area (Å²) in [5.74, 6) is 3.06. The smallest absolute Gasteiger partial charge is 0.122 e. The topological polar surface area (TPSA) is 9.23 Å². The van der Waals surface area contributed by atoms with E-state index in [0.717, 1.165) is 18.8 Å². The summed E-state index contributed by atoms with van der Waals surface area (Å²) in [5.41, 5.74) is 12.2. The number of fused-ring (bicyclic) bond motifs is 3. The van der Waals surface area contributed by atoms with Crippen LogP contribution in [0.5, 0.6) is 5.75 Å². The van der Waals surface area contributed by atoms with Crippen LogP contribution in [-0.2, 0) is 32.1 Å². The van der Waals surface area contributed by atoms with Gasteiger partial charge in [0.15, 0.2) is 0 Å². The van der Waals surface area contributed by atoms with E-state index in [4.69, 9.17) is 4.74 Å². The van der Waals surface area contributed by atoms with Gasteiger partial charge in [0.25, 0.3) is 0 Å². The van der Waals surface area contributed by atoms with Crippen LogP contribution < -0.4 is 4.74 Å². The van der Waals surface area contributed by atoms with Crippen molar-refractivity contribution in [3.63, 3.8) is 0 Å². The summed E-state index contributed by atoms with van der Waals surface area (Å²) in [6.45, 7) is 14.4. The Balaban J connectivity index is 0.000000133. The average Bonchev–Trinajstić information content (AvgIpc) is 3.41. The molecule has 0 bridgehead atoms. The van der Waals surface area contributed by atoms with Crippen LogP contribution in [0.2, 0.25) is 0 Å². The number of ether oxygens (including phenoxy) is 1. The van der Waals surface area contributed by atoms with E-state index >= 15 is 0 Å². The second kappa shape index (κ2) is 13.5. The molecule has 204 valence electrons. The zero-order valence-corrected chi connectivity index (χ0v) is 24.9. The lowest BCUT2D eigenvalue weighted by atomic mass is 9.88. The molecular formula is C37H50O. The lowest BCUT2D eigenvalue weighted by molar-refractivity contribution is 0.288. The van der Waals surface area contributed by atoms with Crippen molar-refractivity contribution in [2.75, 3.05) is 6.61 Å². The van der Waals surface area contributed by atoms with E-state index in [-0.39, 0.29) is 0 Å². The Labute approximate surface area is 233 Å². The summed E-state index contributed by atoms with van der Waals surface area (Å²) >= 11 is 0. The lowest BCUT2D eigenvalue weighted by Crippen LogP contribution is -2.08. The quantitative estimate of drug-likeness (QED) is 0.340. The Morgan fingerprint density at radius 2 is 0.868 bits per heavy atom. The van der Waals surface area contributed by atoms with E-state index < -0.39 is 0 Å². The van der Waals surface area contributed by atoms with Crippen molar-refractivity contribution >= 4 is 0 Å². The van der Waals surface area contributed by atoms with Crippen LogP contribution in [0.1, 0.15) is 129 Å². The van der Waals surface area contributed by atoms with E-state index in [1.807, 2.05) is 0 Å². The van der Waals surface area contributed by atoms with Gasteiger partial charge < -0.3 is 4.74 Å². The first-order valence-electron chi connectivity index (χ1n) is 15.3. The van der Waals surface area contributed by atoms with E-state index in [0.29, 0.717) is 17.8 Å². The van der Waals surface area contributed by atoms with E-state index in [2.05, 4.69) is 96.1 Å². The summed E-state index contributed by atoms with van der Waals surface area (Å²) in [7, 11) is 0. The number of rotatable bonds is 3. The number of aryl methyl sites for hydroxylation is 5. The highest BCUT2D eigenvalue weighted by atomic mass is 16.5. The third kappa shape index (κ3) is 7.52. The molecule has 0 amide bonds. The van der Waals surface area contributed by atoms with Gasteiger partial charge in [0.2, 0.25) is 0 Å². The molecular weight excluding hydrogens is 460 g/mol. The fourth-order valence-corrected chi connectivity index (χ4v) is 5.80. The Hall–Kier alpha value is -2.54. The minimum absolute atomic E-state index is 0.618. The summed E-state index contributed by atoms with van der Waals surface area (Å²) in [4.78, 5) is 0. The van der Waals surface area contributed by atoms with Gasteiger partial charge in [-0.2, -0.15) is 0 Å². The Morgan fingerprint density at radius 3 is 1.42 bits per heavy atom. The monoisotopic (exact) mass is 510 g/mol. The van der Waals surface area contributed by atoms with Crippen LogP contribution in [0.25, 0.3) is 0 Å². The molecule has 0 saturated heterocycles. The maximum atomic E-state index is 5.56. The molecule has 2 aliphatic carbocycles. The normalized spacial score (nSPS) is 15.5. The number of hydrogen-bond acceptors (Lipinski definition) is 1. The molecule has 0 fully saturated rings. The van der Waals surface area contributed by atoms with Crippen molar-refractivity contribution in [2.24, 2.45) is 0 Å². The SMILES string of the molecule is CC(C)c1ccc2c(c1)CCC2.CC(C)c1ccc2c(c1)CCCC2.CC(C)c1ccc2c(c1)CCCO2. The molecule has 0 atom stereocenters. The maximum absolute atomic E-state index is 5.56. The zero-order valence-electron chi connectivity index (χ0n) is 24.9. The predicted molar refractivity (Wildman–Crippen MR) is 164 cm³/mol. The van der Waals surface area contributed by atoms with Crippen molar-refractivity contribution in [2.45, 2.75) is 117 Å². The van der Waals surface area contributed by atoms with Gasteiger partial charge in [0, 0.05) is 0 Å². The van der Waals surface area contributed by atoms with Gasteiger partial charge in [-0.3, -0.25) is 0 Å². The highest BCUT2D eigenvalue weighted by Gasteiger charge is 2.13. The molecule has 0 saturated carbocycles. The molecule has 1 heteroatoms. The first kappa shape index (κ1) is 28.5. The molecule has 0 radical (unpaired) electrons. The van der Waals surface area contributed by atoms with Crippen LogP contribution >= 0.6 is 0 Å². The molecule has 0 N–H and O–H groups in total. The highest BCUT2D eigenvalue weighted by molar-refractivity contribution is 5.39. The Kier molecular flexibility index (Phi) is 10.1. The Bertz CT molecular complexity index is 1120. The maximum Gasteiger partial charge on any atom is 0.122 e. The van der Waals surface area contributed by atoms with E-state index in [1.54, 1.807) is 22.3 Å². The highest BCUT2D eigenvalue weighted by Crippen LogP contribution is 2.29. The van der Waals surface area contributed by atoms with Crippen molar-refractivity contribution in [1.29, 1.82) is 0 Å². The van der Waals surface area contributed by atoms with Crippen molar-refractivity contribution in [1.82, 2.24) is 0 Å². The second-order valence-corrected chi connectivity index (χ2v) is 12.4. The predicted octanol–water partition coefficient (Wildman–Crippen LogP) is 10.1. The van der Waals surface area contributed by atoms with Gasteiger partial charge >= 0.3 is 0 Å². The van der Waals surface area contributed by atoms with Gasteiger partial charge in [-0.1, -0.05) is 90.1 Å². The molecule has 6 rings (SSSR count). The molecule has 0 unspecified atom stereocenters. The molecule has 3 aromatic carbocycles. The minimum Gasteiger partial charge on any atom is -0.493 e. The summed E-state index contributed by atoms with van der Waals surface area (Å²) in [5, 5.41) is 0. The molecule has 1 aliphatic heterocycles. The van der Waals surface area contributed by atoms with Gasteiger partial charge in [-0.25, -0.2) is 0 Å². The first-order valence-corrected chi connectivity index (χ1v) is 15.3. The van der Waals surface area contributed by atoms with Crippen LogP contribution in [0, 0.1) is 0 Å². The van der Waals surface area contributed by atoms with Crippen molar-refractivity contribution < 1.29 is 4.74 Å². The van der Waals surface area contributed by atoms with E-state index in [1.165, 1.54) is 73.6 Å². The van der Waals surface area contributed by atoms with Crippen LogP contribution in [0.4, 0.5) is 0 Å². The van der Waals surface area contributed by atoms with Crippen LogP contribution in [0.15, 0.2) is 54.6 Å². The molecule has 0 aromatic heterocycles. The fourth-order valence-electron chi connectivity index (χ4n) is 5.80. The van der Waals surface area contributed by atoms with Crippen molar-refractivity contribution in [3.8, 4) is 5.75 Å². The lowest BCUT2D eigenvalue weighted by Gasteiger charge is -2.18. The molecule has 1 nitrogen and oxygen atoms in total. The molecule has 3 aliphatic rings. The summed E-state index contributed by atoms with van der Waals surface area (Å²) < 4.78 is 5.56. The zero-order chi connectivity index (χ0) is 27.1. The summed E-state index contributed by atoms with van der Waals surface area (Å²) in [6, 6.07) is 20.6. The molecule has 38 heavy (non-hydrogen) atoms. The molecule has 3 aromatic rings. The third-order valence-electron chi connectivity index (χ3n) is 8.43. The van der Waals surface area contributed by atoms with E-state index in [9.17, 15) is 0 Å². The molecule has 1 heterocycles. The van der Waals surface area contributed by atoms with Crippen LogP contribution in [0.3, 0.4) is 0 Å². The van der Waals surface area contributed by atoms with Gasteiger partial charge in [-0.15, -0.1) is 0 Å². The third-order valence-corrected chi connectivity index (χ3v) is 8.43. The average molecular weight is 511 g/mol. The van der Waals surface area contributed by atoms with Gasteiger partial charge in [0.1, 0.15) is 5.75 Å². The summed E-state index contributed by atoms with van der Waals surface area (Å²) in [6.07, 6.45) is 11.7. The number of hydrogen-bond donors (Lipinski definition) is 0. The minimum atomic E-state index is 0.618. The van der Waals surface area contributed by atoms with Gasteiger partial charge in [0.05, 0.1) is 6.61 Å².